The van der Waals surface area contributed by atoms with Gasteiger partial charge in [-0.05, 0) is 37.6 Å². The van der Waals surface area contributed by atoms with Crippen LogP contribution in [0.3, 0.4) is 0 Å². The van der Waals surface area contributed by atoms with Gasteiger partial charge in [-0.3, -0.25) is 19.1 Å². The molecule has 2 aromatic heterocycles. The first-order valence-electron chi connectivity index (χ1n) is 8.36. The molecular formula is C19H20N4O3. The molecule has 0 aliphatic heterocycles. The van der Waals surface area contributed by atoms with Gasteiger partial charge in [-0.25, -0.2) is 0 Å². The normalized spacial score (nSPS) is 10.8. The molecule has 0 aliphatic carbocycles. The molecular weight excluding hydrogens is 332 g/mol. The van der Waals surface area contributed by atoms with Gasteiger partial charge in [0.25, 0.3) is 5.56 Å². The lowest BCUT2D eigenvalue weighted by atomic mass is 10.1. The smallest absolute Gasteiger partial charge is 0.253 e. The molecule has 7 heteroatoms. The monoisotopic (exact) mass is 352 g/mol. The first kappa shape index (κ1) is 17.6. The van der Waals surface area contributed by atoms with Gasteiger partial charge in [0.05, 0.1) is 18.3 Å². The predicted octanol–water partition coefficient (Wildman–Crippen LogP) is 1.41. The van der Waals surface area contributed by atoms with E-state index in [0.29, 0.717) is 23.0 Å². The van der Waals surface area contributed by atoms with Gasteiger partial charge in [0, 0.05) is 29.6 Å². The Bertz CT molecular complexity index is 1080. The lowest BCUT2D eigenvalue weighted by Crippen LogP contribution is -2.28. The SMILES string of the molecule is Cc1cc(C)c(CNC(=O)CCn2ncc(=O)c3ccccc32)c(=O)[nH]1. The summed E-state index contributed by atoms with van der Waals surface area (Å²) in [5.74, 6) is -0.186. The Labute approximate surface area is 149 Å². The van der Waals surface area contributed by atoms with Crippen molar-refractivity contribution in [1.82, 2.24) is 20.1 Å². The fraction of sp³-hybridized carbons (Fsp3) is 0.263. The fourth-order valence-corrected chi connectivity index (χ4v) is 2.92. The summed E-state index contributed by atoms with van der Waals surface area (Å²) in [7, 11) is 0. The second-order valence-corrected chi connectivity index (χ2v) is 6.22. The Morgan fingerprint density at radius 1 is 1.23 bits per heavy atom. The third kappa shape index (κ3) is 3.72. The van der Waals surface area contributed by atoms with Crippen LogP contribution in [0.4, 0.5) is 0 Å². The lowest BCUT2D eigenvalue weighted by molar-refractivity contribution is -0.121. The number of fused-ring (bicyclic) bond motifs is 1. The van der Waals surface area contributed by atoms with Crippen LogP contribution in [-0.2, 0) is 17.9 Å². The minimum Gasteiger partial charge on any atom is -0.352 e. The van der Waals surface area contributed by atoms with Crippen molar-refractivity contribution < 1.29 is 4.79 Å². The van der Waals surface area contributed by atoms with Gasteiger partial charge in [-0.1, -0.05) is 12.1 Å². The number of carbonyl (C=O) groups excluding carboxylic acids is 1. The number of rotatable bonds is 5. The Kier molecular flexibility index (Phi) is 4.97. The summed E-state index contributed by atoms with van der Waals surface area (Å²) < 4.78 is 1.64. The number of nitrogens with one attached hydrogen (secondary N) is 2. The van der Waals surface area contributed by atoms with E-state index in [0.717, 1.165) is 11.3 Å². The summed E-state index contributed by atoms with van der Waals surface area (Å²) in [4.78, 5) is 38.7. The highest BCUT2D eigenvalue weighted by molar-refractivity contribution is 5.79. The van der Waals surface area contributed by atoms with E-state index < -0.39 is 0 Å². The second kappa shape index (κ2) is 7.35. The quantitative estimate of drug-likeness (QED) is 0.725. The number of benzene rings is 1. The standard InChI is InChI=1S/C19H20N4O3/c1-12-9-13(2)22-19(26)15(12)10-20-18(25)7-8-23-16-6-4-3-5-14(16)17(24)11-21-23/h3-6,9,11H,7-8,10H2,1-2H3,(H,20,25)(H,22,26). The van der Waals surface area contributed by atoms with Crippen molar-refractivity contribution in [3.8, 4) is 0 Å². The van der Waals surface area contributed by atoms with E-state index in [4.69, 9.17) is 0 Å². The van der Waals surface area contributed by atoms with Gasteiger partial charge in [0.2, 0.25) is 11.3 Å². The number of H-pyrrole nitrogens is 1. The van der Waals surface area contributed by atoms with Crippen LogP contribution in [0.15, 0.2) is 46.1 Å². The molecule has 0 radical (unpaired) electrons. The fourth-order valence-electron chi connectivity index (χ4n) is 2.92. The summed E-state index contributed by atoms with van der Waals surface area (Å²) in [6, 6.07) is 9.03. The number of hydrogen-bond donors (Lipinski definition) is 2. The Morgan fingerprint density at radius 2 is 2.00 bits per heavy atom. The van der Waals surface area contributed by atoms with E-state index in [1.807, 2.05) is 26.0 Å². The number of hydrogen-bond acceptors (Lipinski definition) is 4. The molecule has 2 heterocycles. The lowest BCUT2D eigenvalue weighted by Gasteiger charge is -2.10. The van der Waals surface area contributed by atoms with Crippen LogP contribution >= 0.6 is 0 Å². The van der Waals surface area contributed by atoms with E-state index in [1.165, 1.54) is 6.20 Å². The highest BCUT2D eigenvalue weighted by Gasteiger charge is 2.09. The van der Waals surface area contributed by atoms with E-state index in [9.17, 15) is 14.4 Å². The molecule has 1 aromatic carbocycles. The molecule has 7 nitrogen and oxygen atoms in total. The van der Waals surface area contributed by atoms with Crippen LogP contribution in [0.2, 0.25) is 0 Å². The topological polar surface area (TPSA) is 96.8 Å². The Hall–Kier alpha value is -3.22. The maximum Gasteiger partial charge on any atom is 0.253 e. The zero-order valence-corrected chi connectivity index (χ0v) is 14.7. The highest BCUT2D eigenvalue weighted by atomic mass is 16.2. The molecule has 134 valence electrons. The number of pyridine rings is 1. The van der Waals surface area contributed by atoms with Crippen LogP contribution in [0.1, 0.15) is 23.2 Å². The predicted molar refractivity (Wildman–Crippen MR) is 99.0 cm³/mol. The van der Waals surface area contributed by atoms with E-state index >= 15 is 0 Å². The molecule has 0 fully saturated rings. The van der Waals surface area contributed by atoms with Crippen molar-refractivity contribution in [2.45, 2.75) is 33.4 Å². The zero-order chi connectivity index (χ0) is 18.7. The van der Waals surface area contributed by atoms with Crippen LogP contribution in [0, 0.1) is 13.8 Å². The molecule has 26 heavy (non-hydrogen) atoms. The largest absolute Gasteiger partial charge is 0.352 e. The summed E-state index contributed by atoms with van der Waals surface area (Å²) in [6.45, 7) is 4.19. The van der Waals surface area contributed by atoms with Gasteiger partial charge in [-0.15, -0.1) is 0 Å². The number of amides is 1. The van der Waals surface area contributed by atoms with E-state index in [1.54, 1.807) is 22.9 Å². The van der Waals surface area contributed by atoms with Gasteiger partial charge >= 0.3 is 0 Å². The number of carbonyl (C=O) groups is 1. The summed E-state index contributed by atoms with van der Waals surface area (Å²) in [5.41, 5.74) is 2.55. The number of aryl methyl sites for hydroxylation is 3. The molecule has 0 unspecified atom stereocenters. The van der Waals surface area contributed by atoms with Crippen LogP contribution < -0.4 is 16.3 Å². The third-order valence-electron chi connectivity index (χ3n) is 4.27. The molecule has 0 atom stereocenters. The van der Waals surface area contributed by atoms with Crippen molar-refractivity contribution >= 4 is 16.8 Å². The van der Waals surface area contributed by atoms with E-state index in [2.05, 4.69) is 15.4 Å². The van der Waals surface area contributed by atoms with Crippen LogP contribution in [-0.4, -0.2) is 20.7 Å². The Morgan fingerprint density at radius 3 is 2.77 bits per heavy atom. The van der Waals surface area contributed by atoms with Gasteiger partial charge in [0.1, 0.15) is 0 Å². The molecule has 3 aromatic rings. The third-order valence-corrected chi connectivity index (χ3v) is 4.27. The van der Waals surface area contributed by atoms with Gasteiger partial charge in [0.15, 0.2) is 0 Å². The molecule has 2 N–H and O–H groups in total. The molecule has 1 amide bonds. The molecule has 0 spiro atoms. The van der Waals surface area contributed by atoms with Gasteiger partial charge in [-0.2, -0.15) is 5.10 Å². The second-order valence-electron chi connectivity index (χ2n) is 6.22. The zero-order valence-electron chi connectivity index (χ0n) is 14.7. The first-order valence-corrected chi connectivity index (χ1v) is 8.36. The minimum absolute atomic E-state index is 0.143. The molecule has 0 bridgehead atoms. The van der Waals surface area contributed by atoms with Gasteiger partial charge < -0.3 is 10.3 Å². The number of aromatic nitrogens is 3. The average Bonchev–Trinajstić information content (AvgIpc) is 2.60. The van der Waals surface area contributed by atoms with E-state index in [-0.39, 0.29) is 29.9 Å². The van der Waals surface area contributed by atoms with Crippen LogP contribution in [0.5, 0.6) is 0 Å². The molecule has 0 saturated heterocycles. The van der Waals surface area contributed by atoms with Crippen molar-refractivity contribution in [2.24, 2.45) is 0 Å². The first-order chi connectivity index (χ1) is 12.5. The van der Waals surface area contributed by atoms with Crippen molar-refractivity contribution in [1.29, 1.82) is 0 Å². The Balaban J connectivity index is 1.66. The summed E-state index contributed by atoms with van der Waals surface area (Å²) in [6.07, 6.45) is 1.46. The average molecular weight is 352 g/mol. The maximum atomic E-state index is 12.2. The van der Waals surface area contributed by atoms with Crippen molar-refractivity contribution in [3.05, 3.63) is 73.9 Å². The summed E-state index contributed by atoms with van der Waals surface area (Å²) >= 11 is 0. The number of para-hydroxylation sites is 1. The molecule has 3 rings (SSSR count). The molecule has 0 saturated carbocycles. The van der Waals surface area contributed by atoms with Crippen LogP contribution in [0.25, 0.3) is 10.9 Å². The number of nitrogens with zero attached hydrogens (tertiary/aromatic N) is 2. The number of aromatic amines is 1. The summed E-state index contributed by atoms with van der Waals surface area (Å²) in [5, 5.41) is 7.45. The maximum absolute atomic E-state index is 12.2. The minimum atomic E-state index is -0.186. The van der Waals surface area contributed by atoms with Crippen molar-refractivity contribution in [3.63, 3.8) is 0 Å². The van der Waals surface area contributed by atoms with Crippen molar-refractivity contribution in [2.75, 3.05) is 0 Å². The molecule has 0 aliphatic rings. The highest BCUT2D eigenvalue weighted by Crippen LogP contribution is 2.08.